The maximum Gasteiger partial charge on any atom is 0.265 e. The van der Waals surface area contributed by atoms with Crippen LogP contribution in [0.1, 0.15) is 26.5 Å². The highest BCUT2D eigenvalue weighted by Gasteiger charge is 2.10. The van der Waals surface area contributed by atoms with E-state index in [1.165, 1.54) is 0 Å². The molecule has 0 radical (unpaired) electrons. The van der Waals surface area contributed by atoms with Gasteiger partial charge < -0.3 is 4.90 Å². The highest BCUT2D eigenvalue weighted by molar-refractivity contribution is 14.1. The summed E-state index contributed by atoms with van der Waals surface area (Å²) in [5, 5.41) is 0. The van der Waals surface area contributed by atoms with Crippen molar-refractivity contribution >= 4 is 28.5 Å². The lowest BCUT2D eigenvalue weighted by atomic mass is 10.3. The molecule has 1 aromatic rings. The van der Waals surface area contributed by atoms with Crippen LogP contribution in [0.15, 0.2) is 4.79 Å². The topological polar surface area (TPSA) is 49.0 Å². The molecule has 0 aliphatic carbocycles. The van der Waals surface area contributed by atoms with E-state index >= 15 is 0 Å². The fourth-order valence-corrected chi connectivity index (χ4v) is 2.04. The fourth-order valence-electron chi connectivity index (χ4n) is 1.40. The number of aromatic amines is 1. The Hall–Kier alpha value is -0.590. The number of hydrogen-bond donors (Lipinski definition) is 1. The van der Waals surface area contributed by atoms with Crippen LogP contribution in [0, 0.1) is 3.57 Å². The van der Waals surface area contributed by atoms with Crippen molar-refractivity contribution in [3.63, 3.8) is 0 Å². The second-order valence-corrected chi connectivity index (χ2v) is 4.25. The molecule has 5 heteroatoms. The molecule has 0 aromatic carbocycles. The van der Waals surface area contributed by atoms with E-state index in [0.717, 1.165) is 25.2 Å². The van der Waals surface area contributed by atoms with Gasteiger partial charge in [-0.15, -0.1) is 0 Å². The number of nitrogens with zero attached hydrogens (tertiary/aromatic N) is 2. The van der Waals surface area contributed by atoms with Crippen molar-refractivity contribution in [2.75, 3.05) is 18.0 Å². The van der Waals surface area contributed by atoms with Gasteiger partial charge in [-0.25, -0.2) is 4.98 Å². The minimum Gasteiger partial charge on any atom is -0.343 e. The Labute approximate surface area is 103 Å². The molecule has 15 heavy (non-hydrogen) atoms. The molecule has 0 atom stereocenters. The van der Waals surface area contributed by atoms with Crippen LogP contribution in [0.3, 0.4) is 0 Å². The van der Waals surface area contributed by atoms with Gasteiger partial charge in [0, 0.05) is 13.1 Å². The number of aryl methyl sites for hydroxylation is 1. The van der Waals surface area contributed by atoms with E-state index in [9.17, 15) is 4.79 Å². The fraction of sp³-hybridized carbons (Fsp3) is 0.600. The van der Waals surface area contributed by atoms with Crippen molar-refractivity contribution in [3.8, 4) is 0 Å². The van der Waals surface area contributed by atoms with Crippen LogP contribution >= 0.6 is 22.6 Å². The largest absolute Gasteiger partial charge is 0.343 e. The molecular formula is C10H16IN3O. The standard InChI is InChI=1S/C10H16IN3O/c1-4-7-8(11)9(15)13-10(12-7)14(5-2)6-3/h4-6H2,1-3H3,(H,12,13,15). The van der Waals surface area contributed by atoms with E-state index in [-0.39, 0.29) is 5.56 Å². The number of H-pyrrole nitrogens is 1. The summed E-state index contributed by atoms with van der Waals surface area (Å²) in [5.41, 5.74) is 0.839. The summed E-state index contributed by atoms with van der Waals surface area (Å²) in [5.74, 6) is 0.683. The third-order valence-corrected chi connectivity index (χ3v) is 3.43. The molecule has 0 fully saturated rings. The summed E-state index contributed by atoms with van der Waals surface area (Å²) in [6.07, 6.45) is 0.788. The van der Waals surface area contributed by atoms with Crippen LogP contribution < -0.4 is 10.5 Å². The molecule has 1 heterocycles. The number of aromatic nitrogens is 2. The van der Waals surface area contributed by atoms with Crippen molar-refractivity contribution in [1.82, 2.24) is 9.97 Å². The van der Waals surface area contributed by atoms with Gasteiger partial charge in [0.2, 0.25) is 5.95 Å². The minimum absolute atomic E-state index is 0.0376. The summed E-state index contributed by atoms with van der Waals surface area (Å²) >= 11 is 2.04. The molecule has 0 bridgehead atoms. The number of rotatable bonds is 4. The molecule has 1 aromatic heterocycles. The van der Waals surface area contributed by atoms with Gasteiger partial charge >= 0.3 is 0 Å². The lowest BCUT2D eigenvalue weighted by molar-refractivity contribution is 0.801. The highest BCUT2D eigenvalue weighted by atomic mass is 127. The predicted octanol–water partition coefficient (Wildman–Crippen LogP) is 1.78. The first-order valence-corrected chi connectivity index (χ1v) is 6.25. The number of nitrogens with one attached hydrogen (secondary N) is 1. The van der Waals surface area contributed by atoms with Crippen molar-refractivity contribution in [2.45, 2.75) is 27.2 Å². The van der Waals surface area contributed by atoms with E-state index < -0.39 is 0 Å². The smallest absolute Gasteiger partial charge is 0.265 e. The van der Waals surface area contributed by atoms with Gasteiger partial charge in [-0.05, 0) is 42.9 Å². The zero-order valence-corrected chi connectivity index (χ0v) is 11.5. The zero-order chi connectivity index (χ0) is 11.4. The first-order chi connectivity index (χ1) is 7.13. The van der Waals surface area contributed by atoms with Gasteiger partial charge in [0.1, 0.15) is 0 Å². The van der Waals surface area contributed by atoms with E-state index in [2.05, 4.69) is 9.97 Å². The van der Waals surface area contributed by atoms with E-state index in [0.29, 0.717) is 9.52 Å². The SMILES string of the molecule is CCc1nc(N(CC)CC)[nH]c(=O)c1I. The molecular weight excluding hydrogens is 305 g/mol. The second-order valence-electron chi connectivity index (χ2n) is 3.18. The molecule has 1 N–H and O–H groups in total. The molecule has 1 rings (SSSR count). The van der Waals surface area contributed by atoms with Crippen molar-refractivity contribution in [2.24, 2.45) is 0 Å². The van der Waals surface area contributed by atoms with Crippen LogP contribution in [-0.2, 0) is 6.42 Å². The molecule has 0 amide bonds. The Balaban J connectivity index is 3.21. The maximum absolute atomic E-state index is 11.6. The van der Waals surface area contributed by atoms with E-state index in [1.54, 1.807) is 0 Å². The average molecular weight is 321 g/mol. The molecule has 0 spiro atoms. The Morgan fingerprint density at radius 2 is 1.93 bits per heavy atom. The average Bonchev–Trinajstić information content (AvgIpc) is 2.24. The van der Waals surface area contributed by atoms with Crippen LogP contribution in [-0.4, -0.2) is 23.1 Å². The molecule has 0 saturated heterocycles. The number of anilines is 1. The third-order valence-electron chi connectivity index (χ3n) is 2.32. The monoisotopic (exact) mass is 321 g/mol. The summed E-state index contributed by atoms with van der Waals surface area (Å²) in [7, 11) is 0. The highest BCUT2D eigenvalue weighted by Crippen LogP contribution is 2.10. The molecule has 0 unspecified atom stereocenters. The quantitative estimate of drug-likeness (QED) is 0.860. The second kappa shape index (κ2) is 5.48. The van der Waals surface area contributed by atoms with Gasteiger partial charge in [-0.3, -0.25) is 9.78 Å². The minimum atomic E-state index is -0.0376. The van der Waals surface area contributed by atoms with Gasteiger partial charge in [0.05, 0.1) is 9.26 Å². The molecule has 0 aliphatic rings. The number of hydrogen-bond acceptors (Lipinski definition) is 3. The van der Waals surface area contributed by atoms with Crippen molar-refractivity contribution in [1.29, 1.82) is 0 Å². The van der Waals surface area contributed by atoms with Gasteiger partial charge in [0.15, 0.2) is 0 Å². The normalized spacial score (nSPS) is 10.4. The predicted molar refractivity (Wildman–Crippen MR) is 70.5 cm³/mol. The first kappa shape index (κ1) is 12.5. The summed E-state index contributed by atoms with van der Waals surface area (Å²) in [4.78, 5) is 20.9. The summed E-state index contributed by atoms with van der Waals surface area (Å²) < 4.78 is 0.700. The molecule has 0 saturated carbocycles. The molecule has 0 aliphatic heterocycles. The lowest BCUT2D eigenvalue weighted by Gasteiger charge is -2.19. The Bertz CT molecular complexity index is 385. The van der Waals surface area contributed by atoms with Crippen molar-refractivity contribution in [3.05, 3.63) is 19.6 Å². The lowest BCUT2D eigenvalue weighted by Crippen LogP contribution is -2.28. The summed E-state index contributed by atoms with van der Waals surface area (Å²) in [6.45, 7) is 7.81. The third kappa shape index (κ3) is 2.70. The van der Waals surface area contributed by atoms with Crippen molar-refractivity contribution < 1.29 is 0 Å². The Morgan fingerprint density at radius 3 is 2.40 bits per heavy atom. The van der Waals surface area contributed by atoms with Crippen LogP contribution in [0.2, 0.25) is 0 Å². The van der Waals surface area contributed by atoms with Crippen LogP contribution in [0.25, 0.3) is 0 Å². The first-order valence-electron chi connectivity index (χ1n) is 5.17. The Morgan fingerprint density at radius 1 is 1.33 bits per heavy atom. The zero-order valence-electron chi connectivity index (χ0n) is 9.30. The molecule has 4 nitrogen and oxygen atoms in total. The molecule has 84 valence electrons. The Kier molecular flexibility index (Phi) is 4.56. The number of halogens is 1. The van der Waals surface area contributed by atoms with E-state index in [1.807, 2.05) is 48.3 Å². The van der Waals surface area contributed by atoms with Gasteiger partial charge in [0.25, 0.3) is 5.56 Å². The van der Waals surface area contributed by atoms with Gasteiger partial charge in [-0.1, -0.05) is 6.92 Å². The maximum atomic E-state index is 11.6. The van der Waals surface area contributed by atoms with E-state index in [4.69, 9.17) is 0 Å². The van der Waals surface area contributed by atoms with Crippen LogP contribution in [0.5, 0.6) is 0 Å². The van der Waals surface area contributed by atoms with Crippen LogP contribution in [0.4, 0.5) is 5.95 Å². The van der Waals surface area contributed by atoms with Gasteiger partial charge in [-0.2, -0.15) is 0 Å². The summed E-state index contributed by atoms with van der Waals surface area (Å²) in [6, 6.07) is 0.